The molecule has 0 saturated carbocycles. The van der Waals surface area contributed by atoms with E-state index in [1.807, 2.05) is 6.92 Å². The highest BCUT2D eigenvalue weighted by atomic mass is 28.4. The normalized spacial score (nSPS) is 13.3. The predicted octanol–water partition coefficient (Wildman–Crippen LogP) is 4.52. The molecule has 0 aliphatic rings. The van der Waals surface area contributed by atoms with Crippen LogP contribution in [-0.2, 0) is 18.0 Å². The summed E-state index contributed by atoms with van der Waals surface area (Å²) in [5.41, 5.74) is 5.70. The molecule has 1 atom stereocenters. The molecule has 2 N–H and O–H groups in total. The molecule has 152 valence electrons. The summed E-state index contributed by atoms with van der Waals surface area (Å²) < 4.78 is 24.3. The molecule has 1 unspecified atom stereocenters. The fourth-order valence-electron chi connectivity index (χ4n) is 2.27. The molecule has 0 aromatic carbocycles. The van der Waals surface area contributed by atoms with Gasteiger partial charge >= 0.3 is 8.80 Å². The lowest BCUT2D eigenvalue weighted by Gasteiger charge is -2.30. The molecule has 0 heterocycles. The maximum absolute atomic E-state index is 6.24. The summed E-state index contributed by atoms with van der Waals surface area (Å²) in [5.74, 6) is 0. The Bertz CT molecular complexity index is 254. The summed E-state index contributed by atoms with van der Waals surface area (Å²) >= 11 is 0. The third-order valence-electron chi connectivity index (χ3n) is 3.86. The zero-order valence-electron chi connectivity index (χ0n) is 17.2. The van der Waals surface area contributed by atoms with Crippen molar-refractivity contribution < 1.29 is 18.0 Å². The molecule has 5 nitrogen and oxygen atoms in total. The van der Waals surface area contributed by atoms with E-state index in [9.17, 15) is 0 Å². The molecule has 0 aromatic rings. The summed E-state index contributed by atoms with van der Waals surface area (Å²) in [6.45, 7) is 12.1. The summed E-state index contributed by atoms with van der Waals surface area (Å²) in [7, 11) is -2.57. The van der Waals surface area contributed by atoms with Gasteiger partial charge in [-0.25, -0.2) is 0 Å². The minimum atomic E-state index is -2.57. The first-order valence-corrected chi connectivity index (χ1v) is 12.3. The Morgan fingerprint density at radius 2 is 1.20 bits per heavy atom. The lowest BCUT2D eigenvalue weighted by Crippen LogP contribution is -2.46. The first-order chi connectivity index (χ1) is 12.1. The molecule has 6 heteroatoms. The fraction of sp³-hybridized carbons (Fsp3) is 1.00. The zero-order valence-corrected chi connectivity index (χ0v) is 18.2. The van der Waals surface area contributed by atoms with Crippen LogP contribution in [0.4, 0.5) is 0 Å². The van der Waals surface area contributed by atoms with E-state index in [0.29, 0.717) is 6.61 Å². The average Bonchev–Trinajstić information content (AvgIpc) is 2.58. The van der Waals surface area contributed by atoms with Crippen LogP contribution in [0.1, 0.15) is 79.1 Å². The van der Waals surface area contributed by atoms with E-state index in [4.69, 9.17) is 23.7 Å². The maximum Gasteiger partial charge on any atom is 0.500 e. The molecule has 0 bridgehead atoms. The molecular formula is C19H43NO4Si. The molecule has 0 aliphatic heterocycles. The molecule has 0 amide bonds. The molecule has 0 spiro atoms. The molecule has 0 radical (unpaired) electrons. The van der Waals surface area contributed by atoms with Gasteiger partial charge in [-0.1, -0.05) is 40.0 Å². The second kappa shape index (κ2) is 17.4. The van der Waals surface area contributed by atoms with Crippen molar-refractivity contribution >= 4 is 8.80 Å². The van der Waals surface area contributed by atoms with Gasteiger partial charge in [0.1, 0.15) is 0 Å². The fourth-order valence-corrected chi connectivity index (χ4v) is 5.00. The van der Waals surface area contributed by atoms with Crippen molar-refractivity contribution in [3.05, 3.63) is 0 Å². The van der Waals surface area contributed by atoms with Crippen molar-refractivity contribution in [1.82, 2.24) is 0 Å². The summed E-state index contributed by atoms with van der Waals surface area (Å²) in [6.07, 6.45) is 8.54. The predicted molar refractivity (Wildman–Crippen MR) is 107 cm³/mol. The van der Waals surface area contributed by atoms with Crippen molar-refractivity contribution in [2.75, 3.05) is 33.0 Å². The van der Waals surface area contributed by atoms with E-state index in [1.54, 1.807) is 0 Å². The molecular weight excluding hydrogens is 334 g/mol. The highest BCUT2D eigenvalue weighted by Crippen LogP contribution is 2.21. The van der Waals surface area contributed by atoms with Crippen molar-refractivity contribution in [3.8, 4) is 0 Å². The van der Waals surface area contributed by atoms with Gasteiger partial charge < -0.3 is 23.7 Å². The number of unbranched alkanes of at least 4 members (excludes halogenated alkanes) is 4. The molecule has 0 aliphatic carbocycles. The van der Waals surface area contributed by atoms with Gasteiger partial charge in [0.2, 0.25) is 0 Å². The van der Waals surface area contributed by atoms with Crippen LogP contribution < -0.4 is 5.73 Å². The summed E-state index contributed by atoms with van der Waals surface area (Å²) in [4.78, 5) is 0. The lowest BCUT2D eigenvalue weighted by molar-refractivity contribution is 0.0546. The van der Waals surface area contributed by atoms with Gasteiger partial charge in [0.05, 0.1) is 6.61 Å². The average molecular weight is 378 g/mol. The monoisotopic (exact) mass is 377 g/mol. The van der Waals surface area contributed by atoms with Crippen LogP contribution in [-0.4, -0.2) is 47.9 Å². The molecule has 0 rings (SSSR count). The van der Waals surface area contributed by atoms with Crippen molar-refractivity contribution in [2.45, 2.75) is 91.1 Å². The Balaban J connectivity index is 4.48. The number of rotatable bonds is 19. The van der Waals surface area contributed by atoms with E-state index in [-0.39, 0.29) is 6.04 Å². The van der Waals surface area contributed by atoms with E-state index < -0.39 is 8.80 Å². The van der Waals surface area contributed by atoms with E-state index in [1.165, 1.54) is 0 Å². The number of hydrogen-bond acceptors (Lipinski definition) is 5. The third-order valence-corrected chi connectivity index (χ3v) is 6.76. The summed E-state index contributed by atoms with van der Waals surface area (Å²) in [6, 6.07) is 0.978. The quantitative estimate of drug-likeness (QED) is 0.265. The van der Waals surface area contributed by atoms with Crippen LogP contribution >= 0.6 is 0 Å². The topological polar surface area (TPSA) is 62.9 Å². The first-order valence-electron chi connectivity index (χ1n) is 10.3. The number of hydrogen-bond donors (Lipinski definition) is 1. The van der Waals surface area contributed by atoms with Crippen molar-refractivity contribution in [2.24, 2.45) is 5.73 Å². The van der Waals surface area contributed by atoms with Crippen LogP contribution in [0, 0.1) is 0 Å². The maximum atomic E-state index is 6.24. The standard InChI is InChI=1S/C19H43NO4Si/c1-5-8-14-22-25(23-15-9-6-2,24-16-10-7-3)17-12-11-13-21-18-19(4)20/h19H,5-18,20H2,1-4H3. The minimum Gasteiger partial charge on any atom is -0.380 e. The highest BCUT2D eigenvalue weighted by Gasteiger charge is 2.40. The van der Waals surface area contributed by atoms with E-state index in [0.717, 1.165) is 83.8 Å². The van der Waals surface area contributed by atoms with E-state index in [2.05, 4.69) is 20.8 Å². The van der Waals surface area contributed by atoms with Crippen LogP contribution in [0.3, 0.4) is 0 Å². The van der Waals surface area contributed by atoms with Gasteiger partial charge in [0.15, 0.2) is 0 Å². The van der Waals surface area contributed by atoms with Crippen LogP contribution in [0.2, 0.25) is 6.04 Å². The molecule has 0 aromatic heterocycles. The Kier molecular flexibility index (Phi) is 17.4. The number of nitrogens with two attached hydrogens (primary N) is 1. The highest BCUT2D eigenvalue weighted by molar-refractivity contribution is 6.60. The van der Waals surface area contributed by atoms with Gasteiger partial charge in [-0.3, -0.25) is 0 Å². The minimum absolute atomic E-state index is 0.0978. The number of ether oxygens (including phenoxy) is 1. The van der Waals surface area contributed by atoms with Crippen LogP contribution in [0.15, 0.2) is 0 Å². The molecule has 0 fully saturated rings. The van der Waals surface area contributed by atoms with Crippen LogP contribution in [0.5, 0.6) is 0 Å². The van der Waals surface area contributed by atoms with Gasteiger partial charge in [-0.05, 0) is 39.0 Å². The van der Waals surface area contributed by atoms with Gasteiger partial charge in [-0.15, -0.1) is 0 Å². The van der Waals surface area contributed by atoms with E-state index >= 15 is 0 Å². The summed E-state index contributed by atoms with van der Waals surface area (Å²) in [5, 5.41) is 0. The third kappa shape index (κ3) is 14.8. The van der Waals surface area contributed by atoms with Gasteiger partial charge in [-0.2, -0.15) is 0 Å². The molecule has 0 saturated heterocycles. The SMILES string of the molecule is CCCCO[Si](CCCCOCC(C)N)(OCCCC)OCCCC. The smallest absolute Gasteiger partial charge is 0.380 e. The van der Waals surface area contributed by atoms with Gasteiger partial charge in [0.25, 0.3) is 0 Å². The van der Waals surface area contributed by atoms with Crippen LogP contribution in [0.25, 0.3) is 0 Å². The zero-order chi connectivity index (χ0) is 18.8. The Hall–Kier alpha value is 0.0169. The lowest BCUT2D eigenvalue weighted by atomic mass is 10.3. The first kappa shape index (κ1) is 25.0. The Labute approximate surface area is 157 Å². The Morgan fingerprint density at radius 1 is 0.720 bits per heavy atom. The van der Waals surface area contributed by atoms with Crippen molar-refractivity contribution in [3.63, 3.8) is 0 Å². The van der Waals surface area contributed by atoms with Crippen molar-refractivity contribution in [1.29, 1.82) is 0 Å². The molecule has 25 heavy (non-hydrogen) atoms. The second-order valence-corrected chi connectivity index (χ2v) is 9.53. The Morgan fingerprint density at radius 3 is 1.60 bits per heavy atom. The van der Waals surface area contributed by atoms with Gasteiger partial charge in [0, 0.05) is 38.5 Å². The largest absolute Gasteiger partial charge is 0.500 e. The second-order valence-electron chi connectivity index (χ2n) is 6.80.